The van der Waals surface area contributed by atoms with Crippen molar-refractivity contribution in [2.45, 2.75) is 146 Å². The first-order valence-electron chi connectivity index (χ1n) is 15.6. The highest BCUT2D eigenvalue weighted by atomic mass is 32.2. The zero-order chi connectivity index (χ0) is 28.3. The predicted molar refractivity (Wildman–Crippen MR) is 164 cm³/mol. The number of carbonyl (C=O) groups excluding carboxylic acids is 1. The molecule has 0 spiro atoms. The minimum absolute atomic E-state index is 0.0949. The number of rotatable bonds is 23. The molecular weight excluding hydrogens is 506 g/mol. The van der Waals surface area contributed by atoms with Crippen molar-refractivity contribution in [1.82, 2.24) is 4.72 Å². The molecule has 0 aliphatic carbocycles. The smallest absolute Gasteiger partial charge is 0.241 e. The van der Waals surface area contributed by atoms with E-state index in [0.717, 1.165) is 30.0 Å². The third-order valence-electron chi connectivity index (χ3n) is 7.67. The highest BCUT2D eigenvalue weighted by Gasteiger charge is 2.29. The summed E-state index contributed by atoms with van der Waals surface area (Å²) in [6, 6.07) is 11.3. The van der Waals surface area contributed by atoms with E-state index in [0.29, 0.717) is 0 Å². The molecule has 5 nitrogen and oxygen atoms in total. The summed E-state index contributed by atoms with van der Waals surface area (Å²) in [5.41, 5.74) is 0. The van der Waals surface area contributed by atoms with Gasteiger partial charge in [0.05, 0.1) is 11.0 Å². The molecule has 2 N–H and O–H groups in total. The average molecular weight is 560 g/mol. The molecule has 0 bridgehead atoms. The zero-order valence-corrected chi connectivity index (χ0v) is 25.3. The monoisotopic (exact) mass is 559 g/mol. The number of carbonyl (C=O) groups is 1. The van der Waals surface area contributed by atoms with Gasteiger partial charge in [-0.05, 0) is 36.2 Å². The average Bonchev–Trinajstić information content (AvgIpc) is 2.92. The minimum atomic E-state index is -3.93. The number of hydrogen-bond acceptors (Lipinski definition) is 4. The van der Waals surface area contributed by atoms with Crippen molar-refractivity contribution in [3.63, 3.8) is 0 Å². The van der Waals surface area contributed by atoms with Crippen LogP contribution in [0.3, 0.4) is 0 Å². The Morgan fingerprint density at radius 1 is 0.718 bits per heavy atom. The number of aliphatic hydroxyl groups is 1. The summed E-state index contributed by atoms with van der Waals surface area (Å²) in [6.07, 6.45) is 20.8. The lowest BCUT2D eigenvalue weighted by molar-refractivity contribution is -0.123. The molecule has 6 heteroatoms. The second kappa shape index (κ2) is 19.3. The number of sulfonamides is 1. The third kappa shape index (κ3) is 13.4. The van der Waals surface area contributed by atoms with Crippen LogP contribution in [-0.4, -0.2) is 31.5 Å². The molecule has 0 aromatic heterocycles. The SMILES string of the molecule is CCCCCCCCCCCCCCCCCCCC(=O)[C@@H](NS(=O)(=O)c1ccc2ccccc2c1)[C@@H](C)O. The Balaban J connectivity index is 1.56. The number of fused-ring (bicyclic) bond motifs is 1. The topological polar surface area (TPSA) is 83.5 Å². The lowest BCUT2D eigenvalue weighted by atomic mass is 10.0. The molecule has 0 aliphatic heterocycles. The van der Waals surface area contributed by atoms with E-state index >= 15 is 0 Å². The molecule has 0 heterocycles. The van der Waals surface area contributed by atoms with E-state index < -0.39 is 22.2 Å². The normalized spacial score (nSPS) is 13.5. The summed E-state index contributed by atoms with van der Waals surface area (Å²) in [7, 11) is -3.93. The summed E-state index contributed by atoms with van der Waals surface area (Å²) in [5.74, 6) is -0.254. The van der Waals surface area contributed by atoms with Crippen molar-refractivity contribution < 1.29 is 18.3 Å². The fourth-order valence-corrected chi connectivity index (χ4v) is 6.51. The van der Waals surface area contributed by atoms with Gasteiger partial charge in [-0.1, -0.05) is 140 Å². The van der Waals surface area contributed by atoms with Gasteiger partial charge in [-0.2, -0.15) is 4.72 Å². The quantitative estimate of drug-likeness (QED) is 0.134. The molecule has 2 atom stereocenters. The maximum atomic E-state index is 13.0. The van der Waals surface area contributed by atoms with Gasteiger partial charge in [-0.25, -0.2) is 8.42 Å². The van der Waals surface area contributed by atoms with Crippen LogP contribution in [0.15, 0.2) is 47.4 Å². The predicted octanol–water partition coefficient (Wildman–Crippen LogP) is 8.48. The number of Topliss-reactive ketones (excluding diaryl/α,β-unsaturated/α-hetero) is 1. The standard InChI is InChI=1S/C33H53NO4S/c1-3-4-5-6-7-8-9-10-11-12-13-14-15-16-17-18-19-24-32(36)33(28(2)35)34-39(37,38)31-26-25-29-22-20-21-23-30(29)27-31/h20-23,25-28,33-35H,3-19,24H2,1-2H3/t28-,33+/m1/s1. The van der Waals surface area contributed by atoms with E-state index in [9.17, 15) is 18.3 Å². The molecule has 0 amide bonds. The second-order valence-electron chi connectivity index (χ2n) is 11.2. The number of aliphatic hydroxyl groups excluding tert-OH is 1. The van der Waals surface area contributed by atoms with Gasteiger partial charge in [0.1, 0.15) is 6.04 Å². The molecular formula is C33H53NO4S. The first kappa shape index (κ1) is 33.4. The summed E-state index contributed by atoms with van der Waals surface area (Å²) >= 11 is 0. The Labute approximate surface area is 238 Å². The van der Waals surface area contributed by atoms with Crippen LogP contribution < -0.4 is 4.72 Å². The van der Waals surface area contributed by atoms with Crippen LogP contribution >= 0.6 is 0 Å². The van der Waals surface area contributed by atoms with Crippen molar-refractivity contribution in [2.24, 2.45) is 0 Å². The maximum Gasteiger partial charge on any atom is 0.241 e. The highest BCUT2D eigenvalue weighted by molar-refractivity contribution is 7.89. The third-order valence-corrected chi connectivity index (χ3v) is 9.11. The molecule has 0 aliphatic rings. The van der Waals surface area contributed by atoms with Gasteiger partial charge in [-0.3, -0.25) is 4.79 Å². The second-order valence-corrected chi connectivity index (χ2v) is 12.9. The van der Waals surface area contributed by atoms with Crippen molar-refractivity contribution >= 4 is 26.6 Å². The number of ketones is 1. The lowest BCUT2D eigenvalue weighted by Crippen LogP contribution is -2.47. The van der Waals surface area contributed by atoms with Crippen LogP contribution in [-0.2, 0) is 14.8 Å². The fraction of sp³-hybridized carbons (Fsp3) is 0.667. The van der Waals surface area contributed by atoms with Gasteiger partial charge in [0.2, 0.25) is 10.0 Å². The van der Waals surface area contributed by atoms with E-state index in [-0.39, 0.29) is 17.1 Å². The molecule has 2 aromatic carbocycles. The first-order chi connectivity index (χ1) is 18.8. The van der Waals surface area contributed by atoms with Crippen LogP contribution in [0.2, 0.25) is 0 Å². The Morgan fingerprint density at radius 2 is 1.18 bits per heavy atom. The first-order valence-corrected chi connectivity index (χ1v) is 17.1. The van der Waals surface area contributed by atoms with E-state index in [1.54, 1.807) is 12.1 Å². The molecule has 0 unspecified atom stereocenters. The van der Waals surface area contributed by atoms with Crippen molar-refractivity contribution in [3.05, 3.63) is 42.5 Å². The van der Waals surface area contributed by atoms with Crippen LogP contribution in [0.4, 0.5) is 0 Å². The lowest BCUT2D eigenvalue weighted by Gasteiger charge is -2.20. The Bertz CT molecular complexity index is 1050. The van der Waals surface area contributed by atoms with Gasteiger partial charge in [-0.15, -0.1) is 0 Å². The van der Waals surface area contributed by atoms with E-state index in [2.05, 4.69) is 11.6 Å². The van der Waals surface area contributed by atoms with Crippen LogP contribution in [0.25, 0.3) is 10.8 Å². The van der Waals surface area contributed by atoms with Gasteiger partial charge in [0, 0.05) is 6.42 Å². The summed E-state index contributed by atoms with van der Waals surface area (Å²) < 4.78 is 28.4. The number of hydrogen-bond donors (Lipinski definition) is 2. The largest absolute Gasteiger partial charge is 0.391 e. The van der Waals surface area contributed by atoms with E-state index in [1.807, 2.05) is 24.3 Å². The summed E-state index contributed by atoms with van der Waals surface area (Å²) in [4.78, 5) is 12.9. The molecule has 0 saturated carbocycles. The summed E-state index contributed by atoms with van der Waals surface area (Å²) in [5, 5.41) is 11.9. The van der Waals surface area contributed by atoms with Gasteiger partial charge in [0.15, 0.2) is 5.78 Å². The molecule has 0 fully saturated rings. The molecule has 39 heavy (non-hydrogen) atoms. The van der Waals surface area contributed by atoms with Crippen LogP contribution in [0, 0.1) is 0 Å². The molecule has 2 aromatic rings. The van der Waals surface area contributed by atoms with E-state index in [1.165, 1.54) is 103 Å². The van der Waals surface area contributed by atoms with Gasteiger partial charge >= 0.3 is 0 Å². The van der Waals surface area contributed by atoms with Crippen molar-refractivity contribution in [2.75, 3.05) is 0 Å². The minimum Gasteiger partial charge on any atom is -0.391 e. The number of nitrogens with one attached hydrogen (secondary N) is 1. The van der Waals surface area contributed by atoms with Gasteiger partial charge in [0.25, 0.3) is 0 Å². The van der Waals surface area contributed by atoms with Crippen molar-refractivity contribution in [1.29, 1.82) is 0 Å². The number of unbranched alkanes of at least 4 members (excludes halogenated alkanes) is 16. The van der Waals surface area contributed by atoms with Crippen molar-refractivity contribution in [3.8, 4) is 0 Å². The van der Waals surface area contributed by atoms with E-state index in [4.69, 9.17) is 0 Å². The summed E-state index contributed by atoms with van der Waals surface area (Å²) in [6.45, 7) is 3.73. The Hall–Kier alpha value is -1.76. The molecule has 0 radical (unpaired) electrons. The van der Waals surface area contributed by atoms with Crippen LogP contribution in [0.5, 0.6) is 0 Å². The number of benzene rings is 2. The maximum absolute atomic E-state index is 13.0. The Morgan fingerprint density at radius 3 is 1.67 bits per heavy atom. The molecule has 220 valence electrons. The Kier molecular flexibility index (Phi) is 16.6. The highest BCUT2D eigenvalue weighted by Crippen LogP contribution is 2.20. The van der Waals surface area contributed by atoms with Gasteiger partial charge < -0.3 is 5.11 Å². The molecule has 2 rings (SSSR count). The van der Waals surface area contributed by atoms with Crippen LogP contribution in [0.1, 0.15) is 129 Å². The molecule has 0 saturated heterocycles. The zero-order valence-electron chi connectivity index (χ0n) is 24.5. The fourth-order valence-electron chi connectivity index (χ4n) is 5.18.